The van der Waals surface area contributed by atoms with E-state index in [0.717, 1.165) is 6.42 Å². The van der Waals surface area contributed by atoms with Crippen molar-refractivity contribution in [3.63, 3.8) is 0 Å². The summed E-state index contributed by atoms with van der Waals surface area (Å²) >= 11 is 0. The fourth-order valence-corrected chi connectivity index (χ4v) is 10.9. The Morgan fingerprint density at radius 2 is 0.927 bits per heavy atom. The van der Waals surface area contributed by atoms with Gasteiger partial charge < -0.3 is 0 Å². The third kappa shape index (κ3) is 5.91. The molecule has 1 atom stereocenters. The van der Waals surface area contributed by atoms with Gasteiger partial charge in [-0.15, -0.1) is 0 Å². The second-order valence-corrected chi connectivity index (χ2v) is 14.8. The zero-order valence-corrected chi connectivity index (χ0v) is 25.4. The van der Waals surface area contributed by atoms with Gasteiger partial charge in [-0.05, 0) is 79.3 Å². The van der Waals surface area contributed by atoms with E-state index in [4.69, 9.17) is 0 Å². The zero-order valence-electron chi connectivity index (χ0n) is 23.6. The molecule has 0 fully saturated rings. The van der Waals surface area contributed by atoms with Crippen molar-refractivity contribution in [1.29, 1.82) is 0 Å². The van der Waals surface area contributed by atoms with Gasteiger partial charge in [-0.1, -0.05) is 158 Å². The predicted octanol–water partition coefficient (Wildman–Crippen LogP) is 7.39. The van der Waals surface area contributed by atoms with Gasteiger partial charge in [0.05, 0.1) is 6.04 Å². The molecular formula is C38H35NP2. The largest absolute Gasteiger partial charge is 0.299 e. The van der Waals surface area contributed by atoms with Crippen LogP contribution >= 0.6 is 15.8 Å². The Balaban J connectivity index is 1.54. The number of rotatable bonds is 9. The molecule has 5 aromatic rings. The van der Waals surface area contributed by atoms with Crippen molar-refractivity contribution in [2.45, 2.75) is 12.5 Å². The molecule has 0 aromatic heterocycles. The Hall–Kier alpha value is -3.60. The lowest BCUT2D eigenvalue weighted by atomic mass is 9.96. The van der Waals surface area contributed by atoms with E-state index in [1.807, 2.05) is 0 Å². The highest BCUT2D eigenvalue weighted by molar-refractivity contribution is 7.80. The van der Waals surface area contributed by atoms with Crippen molar-refractivity contribution < 1.29 is 0 Å². The summed E-state index contributed by atoms with van der Waals surface area (Å²) in [5, 5.41) is 8.47. The molecule has 0 aliphatic heterocycles. The standard InChI is InChI=1S/C38H35NP2/c1-39(2)38(35-27-17-29-37(35)41(32-22-11-5-12-23-32)33-24-13-6-14-25-33)34-26-15-16-28-36(34)40(30-18-7-3-8-19-30)31-20-9-4-10-21-31/h3-26,28-29,38H,27H2,1-2H3/t38-/m1/s1. The number of hydrogen-bond acceptors (Lipinski definition) is 1. The number of hydrogen-bond donors (Lipinski definition) is 0. The fourth-order valence-electron chi connectivity index (χ4n) is 5.84. The maximum atomic E-state index is 2.42. The molecule has 1 nitrogen and oxygen atoms in total. The molecule has 0 amide bonds. The van der Waals surface area contributed by atoms with E-state index < -0.39 is 15.8 Å². The van der Waals surface area contributed by atoms with Crippen molar-refractivity contribution in [3.8, 4) is 0 Å². The molecule has 0 saturated heterocycles. The molecule has 0 radical (unpaired) electrons. The average Bonchev–Trinajstić information content (AvgIpc) is 3.49. The Labute approximate surface area is 247 Å². The first kappa shape index (κ1) is 27.6. The van der Waals surface area contributed by atoms with Crippen LogP contribution in [0.5, 0.6) is 0 Å². The van der Waals surface area contributed by atoms with E-state index in [9.17, 15) is 0 Å². The molecule has 3 heteroatoms. The lowest BCUT2D eigenvalue weighted by molar-refractivity contribution is 0.336. The third-order valence-electron chi connectivity index (χ3n) is 7.56. The van der Waals surface area contributed by atoms with E-state index in [0.29, 0.717) is 0 Å². The normalized spacial score (nSPS) is 13.9. The van der Waals surface area contributed by atoms with Gasteiger partial charge in [0.25, 0.3) is 0 Å². The van der Waals surface area contributed by atoms with Gasteiger partial charge in [-0.3, -0.25) is 4.90 Å². The minimum atomic E-state index is -0.720. The number of benzene rings is 5. The fraction of sp³-hybridized carbons (Fsp3) is 0.105. The SMILES string of the molecule is CN(C)[C@@H](C1=C(P(c2ccccc2)c2ccccc2)C=CC1)c1ccccc1P(c1ccccc1)c1ccccc1. The van der Waals surface area contributed by atoms with Crippen LogP contribution in [-0.4, -0.2) is 19.0 Å². The quantitative estimate of drug-likeness (QED) is 0.168. The van der Waals surface area contributed by atoms with Crippen LogP contribution in [0.3, 0.4) is 0 Å². The molecule has 0 saturated carbocycles. The lowest BCUT2D eigenvalue weighted by Crippen LogP contribution is -2.30. The Morgan fingerprint density at radius 1 is 0.512 bits per heavy atom. The average molecular weight is 568 g/mol. The van der Waals surface area contributed by atoms with E-state index >= 15 is 0 Å². The van der Waals surface area contributed by atoms with Crippen molar-refractivity contribution in [2.24, 2.45) is 0 Å². The number of allylic oxidation sites excluding steroid dienone is 3. The van der Waals surface area contributed by atoms with Crippen LogP contribution in [-0.2, 0) is 0 Å². The first-order chi connectivity index (χ1) is 20.2. The van der Waals surface area contributed by atoms with Gasteiger partial charge in [0.2, 0.25) is 0 Å². The molecule has 6 rings (SSSR count). The van der Waals surface area contributed by atoms with Crippen molar-refractivity contribution in [2.75, 3.05) is 14.1 Å². The number of nitrogens with zero attached hydrogens (tertiary/aromatic N) is 1. The van der Waals surface area contributed by atoms with Crippen LogP contribution in [0, 0.1) is 0 Å². The smallest absolute Gasteiger partial charge is 0.0575 e. The summed E-state index contributed by atoms with van der Waals surface area (Å²) in [5.41, 5.74) is 2.92. The maximum Gasteiger partial charge on any atom is 0.0575 e. The Morgan fingerprint density at radius 3 is 1.39 bits per heavy atom. The molecule has 0 heterocycles. The second kappa shape index (κ2) is 12.9. The summed E-state index contributed by atoms with van der Waals surface area (Å²) in [6.07, 6.45) is 5.76. The topological polar surface area (TPSA) is 3.24 Å². The van der Waals surface area contributed by atoms with Crippen LogP contribution in [0.15, 0.2) is 169 Å². The van der Waals surface area contributed by atoms with Crippen LogP contribution in [0.2, 0.25) is 0 Å². The first-order valence-corrected chi connectivity index (χ1v) is 16.9. The van der Waals surface area contributed by atoms with E-state index in [1.165, 1.54) is 43.0 Å². The van der Waals surface area contributed by atoms with Gasteiger partial charge >= 0.3 is 0 Å². The van der Waals surface area contributed by atoms with Crippen LogP contribution in [0.1, 0.15) is 18.0 Å². The molecule has 1 aliphatic rings. The molecule has 0 unspecified atom stereocenters. The summed E-state index contributed by atoms with van der Waals surface area (Å²) in [5.74, 6) is 0. The molecule has 1 aliphatic carbocycles. The monoisotopic (exact) mass is 567 g/mol. The van der Waals surface area contributed by atoms with Crippen LogP contribution in [0.25, 0.3) is 0 Å². The minimum absolute atomic E-state index is 0.172. The molecule has 0 N–H and O–H groups in total. The Bertz CT molecular complexity index is 1550. The molecule has 0 bridgehead atoms. The highest BCUT2D eigenvalue weighted by Gasteiger charge is 2.31. The van der Waals surface area contributed by atoms with E-state index in [-0.39, 0.29) is 6.04 Å². The lowest BCUT2D eigenvalue weighted by Gasteiger charge is -2.33. The summed E-state index contributed by atoms with van der Waals surface area (Å²) in [7, 11) is 3.08. The molecule has 0 spiro atoms. The van der Waals surface area contributed by atoms with Gasteiger partial charge in [0.15, 0.2) is 0 Å². The maximum absolute atomic E-state index is 2.42. The van der Waals surface area contributed by atoms with Gasteiger partial charge in [0, 0.05) is 0 Å². The van der Waals surface area contributed by atoms with Crippen LogP contribution < -0.4 is 26.5 Å². The molecular weight excluding hydrogens is 532 g/mol. The summed E-state index contributed by atoms with van der Waals surface area (Å²) in [4.78, 5) is 2.42. The van der Waals surface area contributed by atoms with Gasteiger partial charge in [-0.2, -0.15) is 0 Å². The zero-order chi connectivity index (χ0) is 28.0. The molecule has 5 aromatic carbocycles. The van der Waals surface area contributed by atoms with Crippen LogP contribution in [0.4, 0.5) is 0 Å². The van der Waals surface area contributed by atoms with Crippen molar-refractivity contribution in [3.05, 3.63) is 174 Å². The molecule has 202 valence electrons. The van der Waals surface area contributed by atoms with Crippen molar-refractivity contribution in [1.82, 2.24) is 4.90 Å². The van der Waals surface area contributed by atoms with Crippen molar-refractivity contribution >= 4 is 42.4 Å². The second-order valence-electron chi connectivity index (χ2n) is 10.5. The van der Waals surface area contributed by atoms with E-state index in [2.05, 4.69) is 177 Å². The minimum Gasteiger partial charge on any atom is -0.299 e. The number of likely N-dealkylation sites (N-methyl/N-ethyl adjacent to an activating group) is 1. The Kier molecular flexibility index (Phi) is 8.69. The summed E-state index contributed by atoms with van der Waals surface area (Å²) < 4.78 is 0. The summed E-state index contributed by atoms with van der Waals surface area (Å²) in [6, 6.07) is 53.7. The van der Waals surface area contributed by atoms with Gasteiger partial charge in [0.1, 0.15) is 0 Å². The highest BCUT2D eigenvalue weighted by atomic mass is 31.1. The predicted molar refractivity (Wildman–Crippen MR) is 181 cm³/mol. The third-order valence-corrected chi connectivity index (χ3v) is 12.6. The van der Waals surface area contributed by atoms with E-state index in [1.54, 1.807) is 0 Å². The summed E-state index contributed by atoms with van der Waals surface area (Å²) in [6.45, 7) is 0. The molecule has 41 heavy (non-hydrogen) atoms. The first-order valence-electron chi connectivity index (χ1n) is 14.2. The highest BCUT2D eigenvalue weighted by Crippen LogP contribution is 2.51. The van der Waals surface area contributed by atoms with Gasteiger partial charge in [-0.25, -0.2) is 0 Å².